The largest absolute Gasteiger partial charge is 0.465 e. The first kappa shape index (κ1) is 14.0. The number of fused-ring (bicyclic) bond motifs is 1. The minimum atomic E-state index is -0.361. The summed E-state index contributed by atoms with van der Waals surface area (Å²) in [6, 6.07) is 5.29. The number of rotatable bonds is 4. The van der Waals surface area contributed by atoms with Gasteiger partial charge in [-0.3, -0.25) is 5.10 Å². The number of carbonyl (C=O) groups is 1. The van der Waals surface area contributed by atoms with Crippen molar-refractivity contribution in [2.75, 3.05) is 13.7 Å². The predicted octanol–water partition coefficient (Wildman–Crippen LogP) is 2.39. The van der Waals surface area contributed by atoms with E-state index < -0.39 is 0 Å². The maximum absolute atomic E-state index is 11.6. The molecule has 0 amide bonds. The monoisotopic (exact) mass is 290 g/mol. The minimum absolute atomic E-state index is 0.158. The molecule has 1 fully saturated rings. The third-order valence-corrected chi connectivity index (χ3v) is 3.61. The SMILES string of the molecule is COC(=O)c1ccc2[nH]nc(COC3CCCCO3)c2c1. The molecule has 21 heavy (non-hydrogen) atoms. The molecule has 6 nitrogen and oxygen atoms in total. The molecule has 0 saturated carbocycles. The second-order valence-corrected chi connectivity index (χ2v) is 5.03. The van der Waals surface area contributed by atoms with Crippen LogP contribution in [0.2, 0.25) is 0 Å². The number of methoxy groups -OCH3 is 1. The Balaban J connectivity index is 1.76. The van der Waals surface area contributed by atoms with E-state index in [4.69, 9.17) is 14.2 Å². The topological polar surface area (TPSA) is 73.4 Å². The molecule has 1 aromatic heterocycles. The first-order valence-corrected chi connectivity index (χ1v) is 7.06. The first-order valence-electron chi connectivity index (χ1n) is 7.06. The van der Waals surface area contributed by atoms with Crippen LogP contribution in [0.1, 0.15) is 35.3 Å². The van der Waals surface area contributed by atoms with Gasteiger partial charge in [0.05, 0.1) is 30.5 Å². The van der Waals surface area contributed by atoms with Gasteiger partial charge in [0.25, 0.3) is 0 Å². The molecule has 1 saturated heterocycles. The number of ether oxygens (including phenoxy) is 3. The van der Waals surface area contributed by atoms with Gasteiger partial charge in [0.15, 0.2) is 6.29 Å². The van der Waals surface area contributed by atoms with Gasteiger partial charge in [-0.05, 0) is 37.5 Å². The highest BCUT2D eigenvalue weighted by molar-refractivity contribution is 5.95. The Morgan fingerprint density at radius 2 is 2.38 bits per heavy atom. The van der Waals surface area contributed by atoms with E-state index in [0.29, 0.717) is 12.2 Å². The number of carbonyl (C=O) groups excluding carboxylic acids is 1. The maximum Gasteiger partial charge on any atom is 0.337 e. The molecule has 112 valence electrons. The Bertz CT molecular complexity index is 632. The average Bonchev–Trinajstić information content (AvgIpc) is 2.95. The van der Waals surface area contributed by atoms with Crippen LogP contribution in [0, 0.1) is 0 Å². The number of H-pyrrole nitrogens is 1. The lowest BCUT2D eigenvalue weighted by Gasteiger charge is -2.22. The van der Waals surface area contributed by atoms with Crippen molar-refractivity contribution >= 4 is 16.9 Å². The molecule has 0 radical (unpaired) electrons. The molecule has 1 aliphatic heterocycles. The summed E-state index contributed by atoms with van der Waals surface area (Å²) in [4.78, 5) is 11.6. The van der Waals surface area contributed by atoms with E-state index in [-0.39, 0.29) is 12.3 Å². The summed E-state index contributed by atoms with van der Waals surface area (Å²) >= 11 is 0. The van der Waals surface area contributed by atoms with Crippen LogP contribution in [-0.2, 0) is 20.8 Å². The standard InChI is InChI=1S/C15H18N2O4/c1-19-15(18)10-5-6-12-11(8-10)13(17-16-12)9-21-14-4-2-3-7-20-14/h5-6,8,14H,2-4,7,9H2,1H3,(H,16,17). The van der Waals surface area contributed by atoms with Crippen molar-refractivity contribution in [2.45, 2.75) is 32.2 Å². The van der Waals surface area contributed by atoms with Gasteiger partial charge in [0.1, 0.15) is 0 Å². The highest BCUT2D eigenvalue weighted by Gasteiger charge is 2.16. The number of aromatic amines is 1. The second kappa shape index (κ2) is 6.24. The van der Waals surface area contributed by atoms with Crippen molar-refractivity contribution in [1.82, 2.24) is 10.2 Å². The van der Waals surface area contributed by atoms with Crippen molar-refractivity contribution in [3.63, 3.8) is 0 Å². The van der Waals surface area contributed by atoms with Gasteiger partial charge in [-0.25, -0.2) is 4.79 Å². The fraction of sp³-hybridized carbons (Fsp3) is 0.467. The first-order chi connectivity index (χ1) is 10.3. The summed E-state index contributed by atoms with van der Waals surface area (Å²) in [5.41, 5.74) is 2.14. The van der Waals surface area contributed by atoms with Gasteiger partial charge in [-0.15, -0.1) is 0 Å². The van der Waals surface area contributed by atoms with Gasteiger partial charge in [-0.2, -0.15) is 5.10 Å². The van der Waals surface area contributed by atoms with E-state index in [2.05, 4.69) is 10.2 Å². The van der Waals surface area contributed by atoms with Gasteiger partial charge in [-0.1, -0.05) is 0 Å². The molecule has 0 spiro atoms. The molecule has 1 N–H and O–H groups in total. The van der Waals surface area contributed by atoms with Crippen LogP contribution < -0.4 is 0 Å². The van der Waals surface area contributed by atoms with E-state index in [1.54, 1.807) is 12.1 Å². The smallest absolute Gasteiger partial charge is 0.337 e. The molecule has 3 rings (SSSR count). The van der Waals surface area contributed by atoms with Crippen LogP contribution in [0.5, 0.6) is 0 Å². The molecule has 1 atom stereocenters. The Morgan fingerprint density at radius 3 is 3.14 bits per heavy atom. The Hall–Kier alpha value is -1.92. The zero-order valence-corrected chi connectivity index (χ0v) is 11.9. The highest BCUT2D eigenvalue weighted by Crippen LogP contribution is 2.21. The van der Waals surface area contributed by atoms with Crippen LogP contribution >= 0.6 is 0 Å². The molecule has 0 aliphatic carbocycles. The van der Waals surface area contributed by atoms with Crippen LogP contribution in [-0.4, -0.2) is 36.2 Å². The lowest BCUT2D eigenvalue weighted by atomic mass is 10.1. The molecule has 0 bridgehead atoms. The average molecular weight is 290 g/mol. The molecule has 2 aromatic rings. The molecule has 2 heterocycles. The van der Waals surface area contributed by atoms with Crippen LogP contribution in [0.25, 0.3) is 10.9 Å². The van der Waals surface area contributed by atoms with E-state index in [9.17, 15) is 4.79 Å². The Kier molecular flexibility index (Phi) is 4.17. The number of nitrogens with one attached hydrogen (secondary N) is 1. The van der Waals surface area contributed by atoms with Gasteiger partial charge >= 0.3 is 5.97 Å². The normalized spacial score (nSPS) is 18.8. The summed E-state index contributed by atoms with van der Waals surface area (Å²) < 4.78 is 16.0. The van der Waals surface area contributed by atoms with Gasteiger partial charge < -0.3 is 14.2 Å². The maximum atomic E-state index is 11.6. The van der Waals surface area contributed by atoms with Gasteiger partial charge in [0.2, 0.25) is 0 Å². The highest BCUT2D eigenvalue weighted by atomic mass is 16.7. The summed E-state index contributed by atoms with van der Waals surface area (Å²) in [7, 11) is 1.37. The van der Waals surface area contributed by atoms with Crippen LogP contribution in [0.15, 0.2) is 18.2 Å². The predicted molar refractivity (Wildman–Crippen MR) is 75.8 cm³/mol. The fourth-order valence-electron chi connectivity index (χ4n) is 2.44. The third kappa shape index (κ3) is 3.06. The third-order valence-electron chi connectivity index (χ3n) is 3.61. The number of hydrogen-bond acceptors (Lipinski definition) is 5. The number of benzene rings is 1. The van der Waals surface area contributed by atoms with Crippen molar-refractivity contribution in [3.05, 3.63) is 29.5 Å². The minimum Gasteiger partial charge on any atom is -0.465 e. The Labute approximate surface area is 122 Å². The molecule has 1 aromatic carbocycles. The molecule has 1 aliphatic rings. The van der Waals surface area contributed by atoms with Crippen molar-refractivity contribution < 1.29 is 19.0 Å². The van der Waals surface area contributed by atoms with Gasteiger partial charge in [0, 0.05) is 12.0 Å². The van der Waals surface area contributed by atoms with E-state index in [0.717, 1.165) is 42.5 Å². The number of aromatic nitrogens is 2. The van der Waals surface area contributed by atoms with Crippen molar-refractivity contribution in [1.29, 1.82) is 0 Å². The van der Waals surface area contributed by atoms with E-state index in [1.807, 2.05) is 6.07 Å². The number of hydrogen-bond donors (Lipinski definition) is 1. The van der Waals surface area contributed by atoms with E-state index in [1.165, 1.54) is 7.11 Å². The fourth-order valence-corrected chi connectivity index (χ4v) is 2.44. The summed E-state index contributed by atoms with van der Waals surface area (Å²) in [6.45, 7) is 1.10. The summed E-state index contributed by atoms with van der Waals surface area (Å²) in [6.07, 6.45) is 2.97. The zero-order chi connectivity index (χ0) is 14.7. The Morgan fingerprint density at radius 1 is 1.48 bits per heavy atom. The molecular formula is C15H18N2O4. The van der Waals surface area contributed by atoms with Crippen LogP contribution in [0.3, 0.4) is 0 Å². The lowest BCUT2D eigenvalue weighted by molar-refractivity contribution is -0.169. The quantitative estimate of drug-likeness (QED) is 0.875. The number of nitrogens with zero attached hydrogens (tertiary/aromatic N) is 1. The lowest BCUT2D eigenvalue weighted by Crippen LogP contribution is -2.22. The zero-order valence-electron chi connectivity index (χ0n) is 11.9. The van der Waals surface area contributed by atoms with Crippen LogP contribution in [0.4, 0.5) is 0 Å². The molecular weight excluding hydrogens is 272 g/mol. The second-order valence-electron chi connectivity index (χ2n) is 5.03. The summed E-state index contributed by atoms with van der Waals surface area (Å²) in [5, 5.41) is 8.05. The molecule has 1 unspecified atom stereocenters. The number of esters is 1. The van der Waals surface area contributed by atoms with E-state index >= 15 is 0 Å². The molecule has 6 heteroatoms. The summed E-state index contributed by atoms with van der Waals surface area (Å²) in [5.74, 6) is -0.361. The van der Waals surface area contributed by atoms with Crippen molar-refractivity contribution in [3.8, 4) is 0 Å². The van der Waals surface area contributed by atoms with Crippen molar-refractivity contribution in [2.24, 2.45) is 0 Å².